The van der Waals surface area contributed by atoms with Gasteiger partial charge in [0.15, 0.2) is 0 Å². The van der Waals surface area contributed by atoms with E-state index in [4.69, 9.17) is 0 Å². The molecule has 0 heterocycles. The van der Waals surface area contributed by atoms with Gasteiger partial charge in [-0.15, -0.1) is 0 Å². The number of hydrogen-bond acceptors (Lipinski definition) is 3. The summed E-state index contributed by atoms with van der Waals surface area (Å²) in [5.74, 6) is 0.00351. The van der Waals surface area contributed by atoms with Gasteiger partial charge in [-0.1, -0.05) is 32.0 Å². The van der Waals surface area contributed by atoms with Gasteiger partial charge in [-0.2, -0.15) is 0 Å². The minimum Gasteiger partial charge on any atom is -0.396 e. The molecule has 0 bridgehead atoms. The first-order valence-electron chi connectivity index (χ1n) is 7.74. The van der Waals surface area contributed by atoms with Crippen molar-refractivity contribution in [3.05, 3.63) is 30.3 Å². The van der Waals surface area contributed by atoms with Crippen LogP contribution in [0.25, 0.3) is 0 Å². The van der Waals surface area contributed by atoms with Crippen molar-refractivity contribution in [2.45, 2.75) is 46.1 Å². The van der Waals surface area contributed by atoms with Gasteiger partial charge in [-0.3, -0.25) is 4.79 Å². The quantitative estimate of drug-likeness (QED) is 0.656. The molecule has 1 unspecified atom stereocenters. The Bertz CT molecular complexity index is 408. The molecule has 0 aliphatic rings. The molecule has 0 fully saturated rings. The van der Waals surface area contributed by atoms with Gasteiger partial charge in [0, 0.05) is 36.7 Å². The van der Waals surface area contributed by atoms with E-state index in [1.807, 2.05) is 37.3 Å². The maximum absolute atomic E-state index is 12.0. The first-order valence-corrected chi connectivity index (χ1v) is 7.74. The highest BCUT2D eigenvalue weighted by molar-refractivity contribution is 5.90. The summed E-state index contributed by atoms with van der Waals surface area (Å²) in [5.41, 5.74) is 0.742. The van der Waals surface area contributed by atoms with Gasteiger partial charge in [0.1, 0.15) is 0 Å². The Hall–Kier alpha value is -1.39. The summed E-state index contributed by atoms with van der Waals surface area (Å²) >= 11 is 0. The molecule has 1 aromatic rings. The fourth-order valence-electron chi connectivity index (χ4n) is 2.25. The van der Waals surface area contributed by atoms with Crippen molar-refractivity contribution in [3.8, 4) is 0 Å². The lowest BCUT2D eigenvalue weighted by atomic mass is 9.83. The molecule has 4 heteroatoms. The van der Waals surface area contributed by atoms with Crippen molar-refractivity contribution in [3.63, 3.8) is 0 Å². The molecule has 0 spiro atoms. The van der Waals surface area contributed by atoms with Crippen molar-refractivity contribution in [2.75, 3.05) is 18.5 Å². The maximum Gasteiger partial charge on any atom is 0.225 e. The number of rotatable bonds is 9. The molecule has 0 aromatic heterocycles. The molecule has 0 saturated carbocycles. The molecular formula is C17H28N2O2. The normalized spacial score (nSPS) is 13.0. The lowest BCUT2D eigenvalue weighted by Crippen LogP contribution is -2.41. The van der Waals surface area contributed by atoms with E-state index in [1.54, 1.807) is 0 Å². The Morgan fingerprint density at radius 2 is 1.86 bits per heavy atom. The molecule has 1 amide bonds. The number of anilines is 1. The first kappa shape index (κ1) is 17.7. The van der Waals surface area contributed by atoms with Crippen molar-refractivity contribution >= 4 is 11.6 Å². The smallest absolute Gasteiger partial charge is 0.225 e. The van der Waals surface area contributed by atoms with Crippen LogP contribution in [-0.4, -0.2) is 30.2 Å². The van der Waals surface area contributed by atoms with Crippen molar-refractivity contribution in [1.82, 2.24) is 5.32 Å². The second-order valence-corrected chi connectivity index (χ2v) is 5.77. The van der Waals surface area contributed by atoms with Crippen LogP contribution in [-0.2, 0) is 4.79 Å². The topological polar surface area (TPSA) is 61.4 Å². The predicted molar refractivity (Wildman–Crippen MR) is 87.3 cm³/mol. The highest BCUT2D eigenvalue weighted by Crippen LogP contribution is 2.24. The van der Waals surface area contributed by atoms with Crippen LogP contribution in [0.3, 0.4) is 0 Å². The van der Waals surface area contributed by atoms with Gasteiger partial charge < -0.3 is 15.7 Å². The van der Waals surface area contributed by atoms with Crippen LogP contribution in [0, 0.1) is 5.41 Å². The van der Waals surface area contributed by atoms with Crippen LogP contribution >= 0.6 is 0 Å². The van der Waals surface area contributed by atoms with E-state index in [2.05, 4.69) is 24.5 Å². The second kappa shape index (κ2) is 8.80. The number of para-hydroxylation sites is 1. The van der Waals surface area contributed by atoms with Crippen molar-refractivity contribution in [1.29, 1.82) is 0 Å². The summed E-state index contributed by atoms with van der Waals surface area (Å²) in [5, 5.41) is 15.8. The number of carbonyl (C=O) groups is 1. The third kappa shape index (κ3) is 5.86. The van der Waals surface area contributed by atoms with E-state index < -0.39 is 0 Å². The zero-order chi connectivity index (χ0) is 15.7. The van der Waals surface area contributed by atoms with E-state index in [0.717, 1.165) is 25.1 Å². The van der Waals surface area contributed by atoms with E-state index in [-0.39, 0.29) is 24.0 Å². The van der Waals surface area contributed by atoms with Gasteiger partial charge in [-0.25, -0.2) is 0 Å². The Balaban J connectivity index is 2.39. The van der Waals surface area contributed by atoms with E-state index in [0.29, 0.717) is 6.42 Å². The van der Waals surface area contributed by atoms with Crippen LogP contribution in [0.2, 0.25) is 0 Å². The van der Waals surface area contributed by atoms with Crippen LogP contribution in [0.5, 0.6) is 0 Å². The van der Waals surface area contributed by atoms with Crippen LogP contribution < -0.4 is 10.6 Å². The van der Waals surface area contributed by atoms with Gasteiger partial charge >= 0.3 is 0 Å². The summed E-state index contributed by atoms with van der Waals surface area (Å²) < 4.78 is 0. The molecule has 1 aromatic carbocycles. The SMILES string of the molecule is CCC(CC)(CO)CNC(C)CC(=O)Nc1ccccc1. The molecule has 0 saturated heterocycles. The zero-order valence-electron chi connectivity index (χ0n) is 13.4. The minimum absolute atomic E-state index is 0.00351. The fraction of sp³-hybridized carbons (Fsp3) is 0.588. The first-order chi connectivity index (χ1) is 10.0. The van der Waals surface area contributed by atoms with Crippen molar-refractivity contribution < 1.29 is 9.90 Å². The Morgan fingerprint density at radius 1 is 1.24 bits per heavy atom. The largest absolute Gasteiger partial charge is 0.396 e. The van der Waals surface area contributed by atoms with Crippen LogP contribution in [0.1, 0.15) is 40.0 Å². The van der Waals surface area contributed by atoms with Gasteiger partial charge in [0.25, 0.3) is 0 Å². The van der Waals surface area contributed by atoms with Gasteiger partial charge in [-0.05, 0) is 31.9 Å². The molecule has 118 valence electrons. The summed E-state index contributed by atoms with van der Waals surface area (Å²) in [6, 6.07) is 9.55. The third-order valence-electron chi connectivity index (χ3n) is 4.21. The van der Waals surface area contributed by atoms with Gasteiger partial charge in [0.2, 0.25) is 5.91 Å². The van der Waals surface area contributed by atoms with Crippen LogP contribution in [0.15, 0.2) is 30.3 Å². The summed E-state index contributed by atoms with van der Waals surface area (Å²) in [4.78, 5) is 12.0. The van der Waals surface area contributed by atoms with E-state index in [9.17, 15) is 9.90 Å². The fourth-order valence-corrected chi connectivity index (χ4v) is 2.25. The summed E-state index contributed by atoms with van der Waals surface area (Å²) in [6.45, 7) is 7.09. The standard InChI is InChI=1S/C17H28N2O2/c1-4-17(5-2,13-20)12-18-14(3)11-16(21)19-15-9-7-6-8-10-15/h6-10,14,18,20H,4-5,11-13H2,1-3H3,(H,19,21). The minimum atomic E-state index is -0.0792. The van der Waals surface area contributed by atoms with E-state index in [1.165, 1.54) is 0 Å². The number of nitrogens with one attached hydrogen (secondary N) is 2. The van der Waals surface area contributed by atoms with Gasteiger partial charge in [0.05, 0.1) is 0 Å². The molecule has 4 nitrogen and oxygen atoms in total. The number of amides is 1. The Labute approximate surface area is 128 Å². The average Bonchev–Trinajstić information content (AvgIpc) is 2.50. The lowest BCUT2D eigenvalue weighted by molar-refractivity contribution is -0.116. The maximum atomic E-state index is 12.0. The van der Waals surface area contributed by atoms with E-state index >= 15 is 0 Å². The number of aliphatic hydroxyl groups excluding tert-OH is 1. The molecule has 21 heavy (non-hydrogen) atoms. The van der Waals surface area contributed by atoms with Crippen LogP contribution in [0.4, 0.5) is 5.69 Å². The number of hydrogen-bond donors (Lipinski definition) is 3. The molecule has 3 N–H and O–H groups in total. The lowest BCUT2D eigenvalue weighted by Gasteiger charge is -2.31. The number of aliphatic hydroxyl groups is 1. The molecule has 0 radical (unpaired) electrons. The molecule has 1 atom stereocenters. The molecule has 0 aliphatic heterocycles. The highest BCUT2D eigenvalue weighted by atomic mass is 16.3. The predicted octanol–water partition coefficient (Wildman–Crippen LogP) is 2.79. The summed E-state index contributed by atoms with van der Waals surface area (Å²) in [7, 11) is 0. The molecular weight excluding hydrogens is 264 g/mol. The molecule has 1 rings (SSSR count). The van der Waals surface area contributed by atoms with Crippen molar-refractivity contribution in [2.24, 2.45) is 5.41 Å². The average molecular weight is 292 g/mol. The third-order valence-corrected chi connectivity index (χ3v) is 4.21. The Kier molecular flexibility index (Phi) is 7.40. The highest BCUT2D eigenvalue weighted by Gasteiger charge is 2.25. The number of carbonyl (C=O) groups excluding carboxylic acids is 1. The second-order valence-electron chi connectivity index (χ2n) is 5.77. The zero-order valence-corrected chi connectivity index (χ0v) is 13.4. The monoisotopic (exact) mass is 292 g/mol. The Morgan fingerprint density at radius 3 is 2.38 bits per heavy atom. The number of benzene rings is 1. The molecule has 0 aliphatic carbocycles. The summed E-state index contributed by atoms with van der Waals surface area (Å²) in [6.07, 6.45) is 2.27.